The summed E-state index contributed by atoms with van der Waals surface area (Å²) in [6.45, 7) is 3.23. The van der Waals surface area contributed by atoms with E-state index in [0.29, 0.717) is 5.17 Å². The van der Waals surface area contributed by atoms with Crippen molar-refractivity contribution in [3.8, 4) is 0 Å². The van der Waals surface area contributed by atoms with Crippen LogP contribution in [-0.2, 0) is 0 Å². The maximum Gasteiger partial charge on any atom is 0.0552 e. The molecule has 4 nitrogen and oxygen atoms in total. The first kappa shape index (κ1) is 6.10. The summed E-state index contributed by atoms with van der Waals surface area (Å²) in [5, 5.41) is 15.2. The van der Waals surface area contributed by atoms with E-state index in [0.717, 1.165) is 0 Å². The van der Waals surface area contributed by atoms with Crippen molar-refractivity contribution >= 4 is 0 Å². The Morgan fingerprint density at radius 1 is 1.86 bits per heavy atom. The molecule has 0 radical (unpaired) electrons. The van der Waals surface area contributed by atoms with E-state index in [2.05, 4.69) is 16.9 Å². The van der Waals surface area contributed by atoms with Crippen molar-refractivity contribution < 1.29 is 5.21 Å². The minimum atomic E-state index is 0.599. The van der Waals surface area contributed by atoms with E-state index in [1.807, 2.05) is 0 Å². The summed E-state index contributed by atoms with van der Waals surface area (Å²) in [5.41, 5.74) is 0. The number of rotatable bonds is 2. The maximum absolute atomic E-state index is 8.21. The topological polar surface area (TPSA) is 48.2 Å². The van der Waals surface area contributed by atoms with Gasteiger partial charge in [-0.1, -0.05) is 6.58 Å². The zero-order chi connectivity index (χ0) is 5.70. The van der Waals surface area contributed by atoms with Gasteiger partial charge in [-0.05, 0) is 5.22 Å². The second-order valence-corrected chi connectivity index (χ2v) is 0.877. The fourth-order valence-corrected chi connectivity index (χ4v) is 0.111. The van der Waals surface area contributed by atoms with Crippen molar-refractivity contribution in [2.45, 2.75) is 0 Å². The lowest BCUT2D eigenvalue weighted by atomic mass is 11.1. The van der Waals surface area contributed by atoms with E-state index in [1.165, 1.54) is 13.2 Å². The van der Waals surface area contributed by atoms with Crippen LogP contribution in [0, 0.1) is 0 Å². The van der Waals surface area contributed by atoms with Crippen molar-refractivity contribution in [3.05, 3.63) is 12.8 Å². The second kappa shape index (κ2) is 3.30. The predicted molar refractivity (Wildman–Crippen MR) is 24.6 cm³/mol. The summed E-state index contributed by atoms with van der Waals surface area (Å²) in [6.07, 6.45) is 1.23. The summed E-state index contributed by atoms with van der Waals surface area (Å²) in [5.74, 6) is 0. The molecule has 0 aliphatic rings. The van der Waals surface area contributed by atoms with Gasteiger partial charge < -0.3 is 0 Å². The highest BCUT2D eigenvalue weighted by Crippen LogP contribution is 1.76. The molecular formula is C3H7N3O. The van der Waals surface area contributed by atoms with E-state index in [9.17, 15) is 0 Å². The van der Waals surface area contributed by atoms with Crippen LogP contribution in [0.1, 0.15) is 0 Å². The third kappa shape index (κ3) is 5.10. The van der Waals surface area contributed by atoms with Gasteiger partial charge in [0.25, 0.3) is 0 Å². The van der Waals surface area contributed by atoms with E-state index < -0.39 is 0 Å². The van der Waals surface area contributed by atoms with Crippen molar-refractivity contribution in [3.63, 3.8) is 0 Å². The Morgan fingerprint density at radius 3 is 2.57 bits per heavy atom. The van der Waals surface area contributed by atoms with Crippen LogP contribution >= 0.6 is 0 Å². The summed E-state index contributed by atoms with van der Waals surface area (Å²) < 4.78 is 0. The van der Waals surface area contributed by atoms with Gasteiger partial charge in [-0.15, -0.1) is 5.11 Å². The van der Waals surface area contributed by atoms with Crippen LogP contribution in [0.3, 0.4) is 0 Å². The Hall–Kier alpha value is -0.900. The molecule has 0 saturated heterocycles. The molecule has 0 aliphatic heterocycles. The van der Waals surface area contributed by atoms with Crippen LogP contribution in [0.15, 0.2) is 23.1 Å². The molecule has 0 aliphatic carbocycles. The van der Waals surface area contributed by atoms with Gasteiger partial charge >= 0.3 is 0 Å². The molecular weight excluding hydrogens is 94.1 g/mol. The third-order valence-electron chi connectivity index (χ3n) is 0.263. The number of nitrogens with zero attached hydrogens (tertiary/aromatic N) is 3. The van der Waals surface area contributed by atoms with Crippen molar-refractivity contribution in [1.29, 1.82) is 0 Å². The molecule has 40 valence electrons. The third-order valence-corrected chi connectivity index (χ3v) is 0.263. The summed E-state index contributed by atoms with van der Waals surface area (Å²) >= 11 is 0. The second-order valence-electron chi connectivity index (χ2n) is 0.877. The van der Waals surface area contributed by atoms with Gasteiger partial charge in [0.05, 0.1) is 7.05 Å². The molecule has 0 saturated carbocycles. The van der Waals surface area contributed by atoms with E-state index >= 15 is 0 Å². The van der Waals surface area contributed by atoms with Crippen molar-refractivity contribution in [2.75, 3.05) is 7.05 Å². The minimum absolute atomic E-state index is 0.599. The molecule has 0 unspecified atom stereocenters. The van der Waals surface area contributed by atoms with E-state index in [-0.39, 0.29) is 0 Å². The Morgan fingerprint density at radius 2 is 2.43 bits per heavy atom. The molecule has 0 rings (SSSR count). The molecule has 0 aromatic rings. The van der Waals surface area contributed by atoms with Crippen LogP contribution in [0.5, 0.6) is 0 Å². The van der Waals surface area contributed by atoms with Crippen LogP contribution in [0.2, 0.25) is 0 Å². The molecule has 0 spiro atoms. The molecule has 0 heterocycles. The maximum atomic E-state index is 8.21. The Balaban J connectivity index is 3.25. The first-order valence-corrected chi connectivity index (χ1v) is 1.71. The first-order chi connectivity index (χ1) is 3.27. The molecule has 4 heteroatoms. The zero-order valence-electron chi connectivity index (χ0n) is 4.07. The molecule has 0 bridgehead atoms. The normalized spacial score (nSPS) is 9.43. The molecule has 0 aromatic carbocycles. The van der Waals surface area contributed by atoms with Gasteiger partial charge in [0.2, 0.25) is 0 Å². The molecule has 1 N–H and O–H groups in total. The smallest absolute Gasteiger partial charge is 0.0552 e. The average molecular weight is 101 g/mol. The molecule has 0 aromatic heterocycles. The molecule has 0 amide bonds. The fraction of sp³-hybridized carbons (Fsp3) is 0.333. The summed E-state index contributed by atoms with van der Waals surface area (Å²) in [7, 11) is 1.35. The minimum Gasteiger partial charge on any atom is -0.271 e. The molecule has 0 fully saturated rings. The SMILES string of the molecule is C=C/N=N\N(C)O. The lowest BCUT2D eigenvalue weighted by Crippen LogP contribution is -1.99. The highest BCUT2D eigenvalue weighted by molar-refractivity contribution is 4.55. The van der Waals surface area contributed by atoms with Crippen molar-refractivity contribution in [1.82, 2.24) is 5.17 Å². The van der Waals surface area contributed by atoms with Crippen LogP contribution in [-0.4, -0.2) is 17.4 Å². The average Bonchev–Trinajstić information content (AvgIpc) is 1.61. The fourth-order valence-electron chi connectivity index (χ4n) is 0.111. The molecule has 7 heavy (non-hydrogen) atoms. The Kier molecular flexibility index (Phi) is 2.87. The van der Waals surface area contributed by atoms with Gasteiger partial charge in [0.15, 0.2) is 0 Å². The lowest BCUT2D eigenvalue weighted by molar-refractivity contribution is -0.0709. The largest absolute Gasteiger partial charge is 0.271 e. The lowest BCUT2D eigenvalue weighted by Gasteiger charge is -1.94. The summed E-state index contributed by atoms with van der Waals surface area (Å²) in [6, 6.07) is 0. The van der Waals surface area contributed by atoms with Crippen LogP contribution in [0.4, 0.5) is 0 Å². The quantitative estimate of drug-likeness (QED) is 0.413. The van der Waals surface area contributed by atoms with Crippen LogP contribution < -0.4 is 0 Å². The van der Waals surface area contributed by atoms with Gasteiger partial charge in [-0.25, -0.2) is 0 Å². The van der Waals surface area contributed by atoms with Gasteiger partial charge in [-0.3, -0.25) is 5.21 Å². The number of hydrogen-bond donors (Lipinski definition) is 1. The monoisotopic (exact) mass is 101 g/mol. The standard InChI is InChI=1S/C3H7N3O/c1-3-4-5-6(2)7/h3,7H,1H2,2H3/b5-4-. The molecule has 0 atom stereocenters. The van der Waals surface area contributed by atoms with E-state index in [1.54, 1.807) is 0 Å². The van der Waals surface area contributed by atoms with Crippen LogP contribution in [0.25, 0.3) is 0 Å². The van der Waals surface area contributed by atoms with E-state index in [4.69, 9.17) is 5.21 Å². The van der Waals surface area contributed by atoms with Crippen molar-refractivity contribution in [2.24, 2.45) is 10.3 Å². The Bertz CT molecular complexity index is 78.2. The van der Waals surface area contributed by atoms with Gasteiger partial charge in [0.1, 0.15) is 0 Å². The highest BCUT2D eigenvalue weighted by atomic mass is 16.5. The zero-order valence-corrected chi connectivity index (χ0v) is 4.07. The Labute approximate surface area is 41.7 Å². The van der Waals surface area contributed by atoms with Gasteiger partial charge in [-0.2, -0.15) is 5.17 Å². The highest BCUT2D eigenvalue weighted by Gasteiger charge is 1.71. The van der Waals surface area contributed by atoms with Gasteiger partial charge in [0, 0.05) is 6.20 Å². The predicted octanol–water partition coefficient (Wildman–Crippen LogP) is 0.818. The summed E-state index contributed by atoms with van der Waals surface area (Å²) in [4.78, 5) is 0. The number of hydroxylamine groups is 1. The first-order valence-electron chi connectivity index (χ1n) is 1.71. The number of hydrogen-bond acceptors (Lipinski definition) is 3.